The summed E-state index contributed by atoms with van der Waals surface area (Å²) in [5.74, 6) is -1.04. The summed E-state index contributed by atoms with van der Waals surface area (Å²) in [7, 11) is 0. The highest BCUT2D eigenvalue weighted by Crippen LogP contribution is 2.25. The molecule has 16 heavy (non-hydrogen) atoms. The molecule has 2 heterocycles. The van der Waals surface area contributed by atoms with Gasteiger partial charge in [0.25, 0.3) is 0 Å². The van der Waals surface area contributed by atoms with Gasteiger partial charge in [-0.1, -0.05) is 11.6 Å². The standard InChI is InChI=1S/C10H8ClN3O2/c1-5-2-6(3-12-8(5)10(15)16)9-7(11)4-13-14-9/h2-4H,1H3,(H,13,14)(H,15,16). The molecule has 0 bridgehead atoms. The minimum atomic E-state index is -1.04. The van der Waals surface area contributed by atoms with Gasteiger partial charge in [0, 0.05) is 11.8 Å². The van der Waals surface area contributed by atoms with Crippen LogP contribution in [0.25, 0.3) is 11.3 Å². The van der Waals surface area contributed by atoms with Crippen molar-refractivity contribution in [3.63, 3.8) is 0 Å². The third-order valence-corrected chi connectivity index (χ3v) is 2.45. The van der Waals surface area contributed by atoms with Crippen LogP contribution < -0.4 is 0 Å². The lowest BCUT2D eigenvalue weighted by molar-refractivity contribution is 0.0689. The molecule has 0 fully saturated rings. The van der Waals surface area contributed by atoms with Gasteiger partial charge in [-0.15, -0.1) is 0 Å². The largest absolute Gasteiger partial charge is 0.477 e. The molecule has 0 aliphatic carbocycles. The van der Waals surface area contributed by atoms with E-state index in [-0.39, 0.29) is 5.69 Å². The summed E-state index contributed by atoms with van der Waals surface area (Å²) < 4.78 is 0. The molecule has 0 spiro atoms. The molecule has 2 aromatic rings. The summed E-state index contributed by atoms with van der Waals surface area (Å²) in [6.07, 6.45) is 2.94. The molecule has 0 saturated heterocycles. The van der Waals surface area contributed by atoms with Crippen molar-refractivity contribution in [3.8, 4) is 11.3 Å². The van der Waals surface area contributed by atoms with Crippen molar-refractivity contribution in [2.24, 2.45) is 0 Å². The minimum absolute atomic E-state index is 0.0411. The molecule has 5 nitrogen and oxygen atoms in total. The average Bonchev–Trinajstić information content (AvgIpc) is 2.63. The Hall–Kier alpha value is -1.88. The molecule has 0 radical (unpaired) electrons. The quantitative estimate of drug-likeness (QED) is 0.839. The molecule has 0 aliphatic rings. The van der Waals surface area contributed by atoms with E-state index in [9.17, 15) is 4.79 Å². The Morgan fingerprint density at radius 3 is 2.75 bits per heavy atom. The summed E-state index contributed by atoms with van der Waals surface area (Å²) in [4.78, 5) is 14.6. The van der Waals surface area contributed by atoms with Crippen LogP contribution >= 0.6 is 11.6 Å². The highest BCUT2D eigenvalue weighted by molar-refractivity contribution is 6.32. The third kappa shape index (κ3) is 1.77. The van der Waals surface area contributed by atoms with Gasteiger partial charge < -0.3 is 5.11 Å². The maximum Gasteiger partial charge on any atom is 0.354 e. The zero-order valence-corrected chi connectivity index (χ0v) is 9.12. The molecule has 0 amide bonds. The van der Waals surface area contributed by atoms with Crippen LogP contribution in [0.1, 0.15) is 16.1 Å². The Morgan fingerprint density at radius 1 is 1.50 bits per heavy atom. The van der Waals surface area contributed by atoms with Gasteiger partial charge >= 0.3 is 5.97 Å². The van der Waals surface area contributed by atoms with E-state index in [4.69, 9.17) is 16.7 Å². The lowest BCUT2D eigenvalue weighted by Gasteiger charge is -2.03. The van der Waals surface area contributed by atoms with Crippen molar-refractivity contribution < 1.29 is 9.90 Å². The fourth-order valence-electron chi connectivity index (χ4n) is 1.41. The number of aromatic nitrogens is 3. The number of carboxylic acids is 1. The predicted octanol–water partition coefficient (Wildman–Crippen LogP) is 2.13. The average molecular weight is 238 g/mol. The maximum absolute atomic E-state index is 10.8. The van der Waals surface area contributed by atoms with Crippen molar-refractivity contribution >= 4 is 17.6 Å². The normalized spacial score (nSPS) is 10.4. The van der Waals surface area contributed by atoms with Crippen molar-refractivity contribution in [1.82, 2.24) is 15.2 Å². The maximum atomic E-state index is 10.8. The van der Waals surface area contributed by atoms with Crippen molar-refractivity contribution in [2.75, 3.05) is 0 Å². The second kappa shape index (κ2) is 3.94. The second-order valence-corrected chi connectivity index (χ2v) is 3.69. The van der Waals surface area contributed by atoms with Crippen LogP contribution in [-0.2, 0) is 0 Å². The lowest BCUT2D eigenvalue weighted by atomic mass is 10.1. The summed E-state index contributed by atoms with van der Waals surface area (Å²) in [5.41, 5.74) is 1.97. The number of H-pyrrole nitrogens is 1. The van der Waals surface area contributed by atoms with E-state index in [1.165, 1.54) is 12.4 Å². The molecule has 0 unspecified atom stereocenters. The first kappa shape index (κ1) is 10.6. The van der Waals surface area contributed by atoms with E-state index in [0.29, 0.717) is 21.8 Å². The van der Waals surface area contributed by atoms with Crippen molar-refractivity contribution in [2.45, 2.75) is 6.92 Å². The Labute approximate surface area is 96.1 Å². The third-order valence-electron chi connectivity index (χ3n) is 2.16. The van der Waals surface area contributed by atoms with Crippen LogP contribution in [-0.4, -0.2) is 26.3 Å². The monoisotopic (exact) mass is 237 g/mol. The van der Waals surface area contributed by atoms with Gasteiger partial charge in [-0.05, 0) is 18.6 Å². The van der Waals surface area contributed by atoms with Crippen molar-refractivity contribution in [3.05, 3.63) is 34.7 Å². The van der Waals surface area contributed by atoms with Gasteiger partial charge in [0.1, 0.15) is 0 Å². The molecule has 0 saturated carbocycles. The summed E-state index contributed by atoms with van der Waals surface area (Å²) in [5, 5.41) is 15.8. The molecule has 0 aliphatic heterocycles. The Morgan fingerprint density at radius 2 is 2.25 bits per heavy atom. The Bertz CT molecular complexity index is 551. The lowest BCUT2D eigenvalue weighted by Crippen LogP contribution is -2.03. The number of aromatic carboxylic acids is 1. The van der Waals surface area contributed by atoms with Gasteiger partial charge in [0.05, 0.1) is 16.9 Å². The number of pyridine rings is 1. The molecule has 6 heteroatoms. The van der Waals surface area contributed by atoms with Gasteiger partial charge in [-0.25, -0.2) is 9.78 Å². The number of aromatic amines is 1. The number of carboxylic acid groups (broad SMARTS) is 1. The number of hydrogen-bond acceptors (Lipinski definition) is 3. The van der Waals surface area contributed by atoms with Gasteiger partial charge in [-0.3, -0.25) is 5.10 Å². The van der Waals surface area contributed by atoms with Gasteiger partial charge in [0.2, 0.25) is 0 Å². The van der Waals surface area contributed by atoms with E-state index in [0.717, 1.165) is 0 Å². The SMILES string of the molecule is Cc1cc(-c2[nH]ncc2Cl)cnc1C(=O)O. The number of rotatable bonds is 2. The molecule has 2 aromatic heterocycles. The van der Waals surface area contributed by atoms with E-state index >= 15 is 0 Å². The van der Waals surface area contributed by atoms with E-state index in [1.54, 1.807) is 13.0 Å². The molecule has 0 atom stereocenters. The number of hydrogen-bond donors (Lipinski definition) is 2. The van der Waals surface area contributed by atoms with Crippen LogP contribution in [0.3, 0.4) is 0 Å². The van der Waals surface area contributed by atoms with Gasteiger partial charge in [0.15, 0.2) is 5.69 Å². The highest BCUT2D eigenvalue weighted by atomic mass is 35.5. The molecular formula is C10H8ClN3O2. The minimum Gasteiger partial charge on any atom is -0.477 e. The van der Waals surface area contributed by atoms with Crippen LogP contribution in [0.2, 0.25) is 5.02 Å². The van der Waals surface area contributed by atoms with E-state index in [1.807, 2.05) is 0 Å². The molecular weight excluding hydrogens is 230 g/mol. The zero-order valence-electron chi connectivity index (χ0n) is 8.36. The van der Waals surface area contributed by atoms with E-state index in [2.05, 4.69) is 15.2 Å². The molecule has 0 aromatic carbocycles. The number of aryl methyl sites for hydroxylation is 1. The van der Waals surface area contributed by atoms with Crippen LogP contribution in [0.15, 0.2) is 18.5 Å². The first-order valence-electron chi connectivity index (χ1n) is 4.49. The summed E-state index contributed by atoms with van der Waals surface area (Å²) >= 11 is 5.89. The second-order valence-electron chi connectivity index (χ2n) is 3.29. The zero-order chi connectivity index (χ0) is 11.7. The van der Waals surface area contributed by atoms with Crippen LogP contribution in [0.5, 0.6) is 0 Å². The topological polar surface area (TPSA) is 78.9 Å². The van der Waals surface area contributed by atoms with Crippen LogP contribution in [0.4, 0.5) is 0 Å². The first-order valence-corrected chi connectivity index (χ1v) is 4.86. The number of nitrogens with one attached hydrogen (secondary N) is 1. The first-order chi connectivity index (χ1) is 7.59. The molecule has 2 rings (SSSR count). The van der Waals surface area contributed by atoms with Crippen molar-refractivity contribution in [1.29, 1.82) is 0 Å². The highest BCUT2D eigenvalue weighted by Gasteiger charge is 2.12. The molecule has 2 N–H and O–H groups in total. The number of nitrogens with zero attached hydrogens (tertiary/aromatic N) is 2. The Kier molecular flexibility index (Phi) is 2.62. The van der Waals surface area contributed by atoms with Crippen LogP contribution in [0, 0.1) is 6.92 Å². The number of halogens is 1. The smallest absolute Gasteiger partial charge is 0.354 e. The number of carbonyl (C=O) groups is 1. The summed E-state index contributed by atoms with van der Waals surface area (Å²) in [6, 6.07) is 1.70. The van der Waals surface area contributed by atoms with E-state index < -0.39 is 5.97 Å². The predicted molar refractivity (Wildman–Crippen MR) is 58.5 cm³/mol. The Balaban J connectivity index is 2.50. The van der Waals surface area contributed by atoms with Gasteiger partial charge in [-0.2, -0.15) is 5.10 Å². The molecule has 82 valence electrons. The summed E-state index contributed by atoms with van der Waals surface area (Å²) in [6.45, 7) is 1.68. The fourth-order valence-corrected chi connectivity index (χ4v) is 1.61. The fraction of sp³-hybridized carbons (Fsp3) is 0.100.